The molecule has 0 aromatic carbocycles. The van der Waals surface area contributed by atoms with E-state index in [9.17, 15) is 9.36 Å². The molecule has 0 radical (unpaired) electrons. The summed E-state index contributed by atoms with van der Waals surface area (Å²) in [5.41, 5.74) is 5.22. The third-order valence-electron chi connectivity index (χ3n) is 0.923. The molecule has 0 aromatic rings. The van der Waals surface area contributed by atoms with Gasteiger partial charge in [-0.05, 0) is 13.8 Å². The number of amides is 1. The summed E-state index contributed by atoms with van der Waals surface area (Å²) in [6, 6.07) is -0.538. The number of rotatable bonds is 3. The van der Waals surface area contributed by atoms with Gasteiger partial charge >= 0.3 is 0 Å². The van der Waals surface area contributed by atoms with Crippen molar-refractivity contribution >= 4 is 14.4 Å². The van der Waals surface area contributed by atoms with Crippen LogP contribution in [0.25, 0.3) is 0 Å². The zero-order valence-electron chi connectivity index (χ0n) is 6.00. The number of hydrogen-bond acceptors (Lipinski definition) is 3. The van der Waals surface area contributed by atoms with Crippen molar-refractivity contribution < 1.29 is 9.36 Å². The summed E-state index contributed by atoms with van der Waals surface area (Å²) in [6.07, 6.45) is 0. The fourth-order valence-corrected chi connectivity index (χ4v) is 0.544. The maximum Gasteiger partial charge on any atom is 0.237 e. The molecular weight excluding hydrogens is 151 g/mol. The zero-order valence-corrected chi connectivity index (χ0v) is 6.89. The Labute approximate surface area is 61.4 Å². The lowest BCUT2D eigenvalue weighted by Crippen LogP contribution is -2.40. The predicted molar refractivity (Wildman–Crippen MR) is 38.9 cm³/mol. The Morgan fingerprint density at radius 1 is 1.60 bits per heavy atom. The lowest BCUT2D eigenvalue weighted by molar-refractivity contribution is -0.122. The van der Waals surface area contributed by atoms with Crippen molar-refractivity contribution in [3.63, 3.8) is 0 Å². The maximum absolute atomic E-state index is 10.7. The summed E-state index contributed by atoms with van der Waals surface area (Å²) in [5.74, 6) is -0.630. The standard InChI is InChI=1S/C5H11N2O2P/c1-3(6)5(8)7-4(2)10-9/h3-4H,6H2,1-2H3,(H,7,8). The predicted octanol–water partition coefficient (Wildman–Crippen LogP) is 0.0875. The maximum atomic E-state index is 10.7. The van der Waals surface area contributed by atoms with Gasteiger partial charge in [0.15, 0.2) is 8.46 Å². The Morgan fingerprint density at radius 3 is 2.40 bits per heavy atom. The molecule has 5 heteroatoms. The van der Waals surface area contributed by atoms with E-state index in [0.717, 1.165) is 0 Å². The third-order valence-corrected chi connectivity index (χ3v) is 1.37. The first-order valence-electron chi connectivity index (χ1n) is 2.96. The first-order chi connectivity index (χ1) is 4.57. The van der Waals surface area contributed by atoms with Crippen LogP contribution in [-0.2, 0) is 9.36 Å². The van der Waals surface area contributed by atoms with Gasteiger partial charge < -0.3 is 11.1 Å². The molecular formula is C5H11N2O2P. The van der Waals surface area contributed by atoms with E-state index in [1.54, 1.807) is 13.8 Å². The Balaban J connectivity index is 3.68. The number of nitrogens with one attached hydrogen (secondary N) is 1. The van der Waals surface area contributed by atoms with E-state index in [0.29, 0.717) is 0 Å². The van der Waals surface area contributed by atoms with Crippen LogP contribution in [0.1, 0.15) is 13.8 Å². The van der Waals surface area contributed by atoms with Crippen LogP contribution >= 0.6 is 8.46 Å². The highest BCUT2D eigenvalue weighted by molar-refractivity contribution is 7.24. The molecule has 2 unspecified atom stereocenters. The number of carbonyl (C=O) groups excluding carboxylic acids is 1. The van der Waals surface area contributed by atoms with Gasteiger partial charge in [-0.1, -0.05) is 0 Å². The normalized spacial score (nSPS) is 16.3. The molecule has 0 heterocycles. The van der Waals surface area contributed by atoms with Gasteiger partial charge in [-0.25, -0.2) is 0 Å². The van der Waals surface area contributed by atoms with Gasteiger partial charge in [0.05, 0.1) is 6.04 Å². The van der Waals surface area contributed by atoms with E-state index < -0.39 is 6.04 Å². The monoisotopic (exact) mass is 162 g/mol. The van der Waals surface area contributed by atoms with Crippen molar-refractivity contribution in [3.05, 3.63) is 0 Å². The number of hydrogen-bond donors (Lipinski definition) is 2. The lowest BCUT2D eigenvalue weighted by Gasteiger charge is -2.07. The molecule has 0 aliphatic heterocycles. The molecule has 4 nitrogen and oxygen atoms in total. The van der Waals surface area contributed by atoms with Crippen molar-refractivity contribution in [1.29, 1.82) is 0 Å². The fraction of sp³-hybridized carbons (Fsp3) is 0.800. The SMILES string of the molecule is CC(NC(=O)C(C)N)P=O. The minimum absolute atomic E-state index is 0.0937. The smallest absolute Gasteiger partial charge is 0.237 e. The summed E-state index contributed by atoms with van der Waals surface area (Å²) >= 11 is 0. The first kappa shape index (κ1) is 9.53. The fourth-order valence-electron chi connectivity index (χ4n) is 0.364. The first-order valence-corrected chi connectivity index (χ1v) is 3.84. The average Bonchev–Trinajstić information content (AvgIpc) is 1.87. The molecule has 0 bridgehead atoms. The van der Waals surface area contributed by atoms with Crippen LogP contribution < -0.4 is 11.1 Å². The number of nitrogens with two attached hydrogens (primary N) is 1. The summed E-state index contributed by atoms with van der Waals surface area (Å²) in [6.45, 7) is 3.21. The third kappa shape index (κ3) is 3.54. The van der Waals surface area contributed by atoms with E-state index in [1.165, 1.54) is 0 Å². The summed E-state index contributed by atoms with van der Waals surface area (Å²) < 4.78 is 10.1. The molecule has 0 saturated heterocycles. The van der Waals surface area contributed by atoms with Gasteiger partial charge in [-0.15, -0.1) is 0 Å². The van der Waals surface area contributed by atoms with Gasteiger partial charge in [0.2, 0.25) is 5.91 Å². The molecule has 0 spiro atoms. The van der Waals surface area contributed by atoms with Crippen molar-refractivity contribution in [1.82, 2.24) is 5.32 Å². The van der Waals surface area contributed by atoms with E-state index in [1.807, 2.05) is 0 Å². The minimum Gasteiger partial charge on any atom is -0.341 e. The highest BCUT2D eigenvalue weighted by atomic mass is 31.1. The Bertz CT molecular complexity index is 138. The van der Waals surface area contributed by atoms with E-state index in [4.69, 9.17) is 5.73 Å². The Hall–Kier alpha value is -0.470. The molecule has 58 valence electrons. The van der Waals surface area contributed by atoms with Gasteiger partial charge in [-0.2, -0.15) is 0 Å². The molecule has 0 fully saturated rings. The molecule has 1 amide bonds. The van der Waals surface area contributed by atoms with E-state index in [2.05, 4.69) is 5.32 Å². The van der Waals surface area contributed by atoms with Gasteiger partial charge in [0, 0.05) is 0 Å². The second kappa shape index (κ2) is 4.36. The van der Waals surface area contributed by atoms with Gasteiger partial charge in [-0.3, -0.25) is 9.36 Å². The van der Waals surface area contributed by atoms with Crippen LogP contribution in [0.2, 0.25) is 0 Å². The van der Waals surface area contributed by atoms with Crippen LogP contribution in [0.3, 0.4) is 0 Å². The van der Waals surface area contributed by atoms with E-state index >= 15 is 0 Å². The average molecular weight is 162 g/mol. The molecule has 3 N–H and O–H groups in total. The Morgan fingerprint density at radius 2 is 2.10 bits per heavy atom. The second-order valence-corrected chi connectivity index (χ2v) is 3.06. The van der Waals surface area contributed by atoms with Crippen LogP contribution in [0.5, 0.6) is 0 Å². The zero-order chi connectivity index (χ0) is 8.15. The quantitative estimate of drug-likeness (QED) is 0.577. The molecule has 0 saturated carbocycles. The van der Waals surface area contributed by atoms with Crippen LogP contribution in [0, 0.1) is 0 Å². The molecule has 0 aromatic heterocycles. The van der Waals surface area contributed by atoms with Crippen LogP contribution in [0.15, 0.2) is 0 Å². The highest BCUT2D eigenvalue weighted by Gasteiger charge is 2.09. The lowest BCUT2D eigenvalue weighted by atomic mass is 10.3. The molecule has 10 heavy (non-hydrogen) atoms. The summed E-state index contributed by atoms with van der Waals surface area (Å²) in [4.78, 5) is 10.7. The minimum atomic E-state index is -0.538. The van der Waals surface area contributed by atoms with Gasteiger partial charge in [0.25, 0.3) is 0 Å². The van der Waals surface area contributed by atoms with Crippen LogP contribution in [0.4, 0.5) is 0 Å². The van der Waals surface area contributed by atoms with Crippen LogP contribution in [-0.4, -0.2) is 17.7 Å². The molecule has 0 aliphatic rings. The molecule has 2 atom stereocenters. The van der Waals surface area contributed by atoms with Gasteiger partial charge in [0.1, 0.15) is 5.78 Å². The Kier molecular flexibility index (Phi) is 4.16. The highest BCUT2D eigenvalue weighted by Crippen LogP contribution is 1.99. The van der Waals surface area contributed by atoms with Crippen molar-refractivity contribution in [2.24, 2.45) is 5.73 Å². The summed E-state index contributed by atoms with van der Waals surface area (Å²) in [5, 5.41) is 2.44. The molecule has 0 rings (SSSR count). The second-order valence-electron chi connectivity index (χ2n) is 2.08. The van der Waals surface area contributed by atoms with E-state index in [-0.39, 0.29) is 20.2 Å². The van der Waals surface area contributed by atoms with Crippen molar-refractivity contribution in [2.75, 3.05) is 0 Å². The largest absolute Gasteiger partial charge is 0.341 e. The van der Waals surface area contributed by atoms with Crippen molar-refractivity contribution in [3.8, 4) is 0 Å². The number of carbonyl (C=O) groups is 1. The summed E-state index contributed by atoms with van der Waals surface area (Å²) in [7, 11) is -0.0937. The topological polar surface area (TPSA) is 72.2 Å². The molecule has 0 aliphatic carbocycles. The van der Waals surface area contributed by atoms with Crippen molar-refractivity contribution in [2.45, 2.75) is 25.7 Å².